The second-order valence-electron chi connectivity index (χ2n) is 3.92. The van der Waals surface area contributed by atoms with Crippen LogP contribution in [0.4, 0.5) is 5.69 Å². The first-order valence-corrected chi connectivity index (χ1v) is 5.66. The molecule has 88 valence electrons. The Morgan fingerprint density at radius 1 is 1.17 bits per heavy atom. The Morgan fingerprint density at radius 2 is 1.94 bits per heavy atom. The van der Waals surface area contributed by atoms with Crippen molar-refractivity contribution in [2.45, 2.75) is 0 Å². The molecular weight excluding hydrogens is 252 g/mol. The lowest BCUT2D eigenvalue weighted by molar-refractivity contribution is -0.383. The highest BCUT2D eigenvalue weighted by Gasteiger charge is 2.16. The van der Waals surface area contributed by atoms with E-state index < -0.39 is 4.92 Å². The lowest BCUT2D eigenvalue weighted by Gasteiger charge is -2.04. The van der Waals surface area contributed by atoms with Gasteiger partial charge in [-0.3, -0.25) is 10.1 Å². The van der Waals surface area contributed by atoms with Crippen molar-refractivity contribution in [3.63, 3.8) is 0 Å². The van der Waals surface area contributed by atoms with Crippen molar-refractivity contribution < 1.29 is 4.92 Å². The van der Waals surface area contributed by atoms with Crippen molar-refractivity contribution in [1.29, 1.82) is 0 Å². The summed E-state index contributed by atoms with van der Waals surface area (Å²) in [7, 11) is 0. The second kappa shape index (κ2) is 3.92. The zero-order valence-electron chi connectivity index (χ0n) is 9.13. The quantitative estimate of drug-likeness (QED) is 0.377. The minimum atomic E-state index is -0.462. The number of hydrogen-bond acceptors (Lipinski definition) is 3. The van der Waals surface area contributed by atoms with Crippen molar-refractivity contribution in [3.8, 4) is 0 Å². The Labute approximate surface area is 107 Å². The number of non-ortho nitro benzene ring substituents is 1. The molecule has 3 rings (SSSR count). The molecule has 0 aliphatic heterocycles. The maximum atomic E-state index is 11.0. The number of nitro benzene ring substituents is 1. The molecule has 0 N–H and O–H groups in total. The number of hydrogen-bond donors (Lipinski definition) is 0. The molecule has 5 heteroatoms. The fourth-order valence-corrected chi connectivity index (χ4v) is 2.27. The van der Waals surface area contributed by atoms with Gasteiger partial charge in [0.2, 0.25) is 0 Å². The number of rotatable bonds is 1. The van der Waals surface area contributed by atoms with E-state index in [-0.39, 0.29) is 5.69 Å². The van der Waals surface area contributed by atoms with Gasteiger partial charge in [0.15, 0.2) is 0 Å². The number of halogens is 1. The first-order chi connectivity index (χ1) is 8.66. The van der Waals surface area contributed by atoms with Crippen LogP contribution in [-0.2, 0) is 0 Å². The normalized spacial score (nSPS) is 10.9. The van der Waals surface area contributed by atoms with E-state index in [1.54, 1.807) is 12.3 Å². The Hall–Kier alpha value is -2.20. The summed E-state index contributed by atoms with van der Waals surface area (Å²) in [6.45, 7) is 0. The Kier molecular flexibility index (Phi) is 2.38. The summed E-state index contributed by atoms with van der Waals surface area (Å²) in [5.74, 6) is 0. The van der Waals surface area contributed by atoms with E-state index in [0.717, 1.165) is 10.8 Å². The summed E-state index contributed by atoms with van der Waals surface area (Å²) in [6, 6.07) is 10.6. The van der Waals surface area contributed by atoms with Crippen LogP contribution in [0.3, 0.4) is 0 Å². The molecule has 0 atom stereocenters. The smallest absolute Gasteiger partial charge is 0.258 e. The zero-order chi connectivity index (χ0) is 12.7. The number of aromatic nitrogens is 1. The van der Waals surface area contributed by atoms with E-state index in [0.29, 0.717) is 15.9 Å². The molecular formula is C13H7ClN2O2. The molecule has 3 aromatic rings. The van der Waals surface area contributed by atoms with Gasteiger partial charge < -0.3 is 0 Å². The third-order valence-corrected chi connectivity index (χ3v) is 3.05. The Balaban J connectivity index is 2.55. The molecule has 0 bridgehead atoms. The number of nitrogens with zero attached hydrogens (tertiary/aromatic N) is 2. The van der Waals surface area contributed by atoms with Crippen LogP contribution in [0.15, 0.2) is 42.6 Å². The van der Waals surface area contributed by atoms with E-state index >= 15 is 0 Å². The highest BCUT2D eigenvalue weighted by atomic mass is 35.5. The van der Waals surface area contributed by atoms with Crippen LogP contribution < -0.4 is 0 Å². The molecule has 2 aromatic carbocycles. The summed E-state index contributed by atoms with van der Waals surface area (Å²) in [4.78, 5) is 14.7. The number of fused-ring (bicyclic) bond motifs is 3. The molecule has 18 heavy (non-hydrogen) atoms. The number of nitro groups is 1. The van der Waals surface area contributed by atoms with E-state index in [1.165, 1.54) is 6.07 Å². The van der Waals surface area contributed by atoms with Crippen LogP contribution in [0.2, 0.25) is 5.02 Å². The van der Waals surface area contributed by atoms with Gasteiger partial charge in [-0.2, -0.15) is 0 Å². The Morgan fingerprint density at radius 3 is 2.72 bits per heavy atom. The molecule has 0 saturated heterocycles. The first kappa shape index (κ1) is 10.9. The van der Waals surface area contributed by atoms with Gasteiger partial charge in [-0.1, -0.05) is 35.9 Å². The molecule has 1 heterocycles. The van der Waals surface area contributed by atoms with Crippen LogP contribution in [0.5, 0.6) is 0 Å². The monoisotopic (exact) mass is 258 g/mol. The predicted molar refractivity (Wildman–Crippen MR) is 70.9 cm³/mol. The molecule has 1 aromatic heterocycles. The molecule has 0 amide bonds. The third-order valence-electron chi connectivity index (χ3n) is 2.83. The minimum Gasteiger partial charge on any atom is -0.258 e. The summed E-state index contributed by atoms with van der Waals surface area (Å²) in [5, 5.41) is 13.9. The zero-order valence-corrected chi connectivity index (χ0v) is 9.89. The highest BCUT2D eigenvalue weighted by Crippen LogP contribution is 2.32. The molecule has 0 saturated carbocycles. The van der Waals surface area contributed by atoms with Crippen LogP contribution in [0, 0.1) is 10.1 Å². The summed E-state index contributed by atoms with van der Waals surface area (Å²) >= 11 is 5.94. The van der Waals surface area contributed by atoms with E-state index in [9.17, 15) is 10.1 Å². The molecule has 0 aliphatic carbocycles. The fourth-order valence-electron chi connectivity index (χ4n) is 2.05. The van der Waals surface area contributed by atoms with Crippen LogP contribution in [-0.4, -0.2) is 9.91 Å². The maximum Gasteiger partial charge on any atom is 0.296 e. The lowest BCUT2D eigenvalue weighted by Crippen LogP contribution is -1.92. The topological polar surface area (TPSA) is 56.0 Å². The summed E-state index contributed by atoms with van der Waals surface area (Å²) < 4.78 is 0. The number of pyridine rings is 1. The minimum absolute atomic E-state index is 0.0664. The van der Waals surface area contributed by atoms with Gasteiger partial charge in [0.05, 0.1) is 4.92 Å². The van der Waals surface area contributed by atoms with Gasteiger partial charge in [0.1, 0.15) is 5.52 Å². The van der Waals surface area contributed by atoms with E-state index in [2.05, 4.69) is 4.98 Å². The van der Waals surface area contributed by atoms with Gasteiger partial charge in [0, 0.05) is 28.1 Å². The Bertz CT molecular complexity index is 786. The molecule has 4 nitrogen and oxygen atoms in total. The molecule has 0 radical (unpaired) electrons. The van der Waals surface area contributed by atoms with Crippen molar-refractivity contribution >= 4 is 39.0 Å². The van der Waals surface area contributed by atoms with E-state index in [1.807, 2.05) is 24.3 Å². The third kappa shape index (κ3) is 1.58. The average molecular weight is 259 g/mol. The van der Waals surface area contributed by atoms with Crippen LogP contribution in [0.1, 0.15) is 0 Å². The predicted octanol–water partition coefficient (Wildman–Crippen LogP) is 3.95. The van der Waals surface area contributed by atoms with Crippen molar-refractivity contribution in [2.24, 2.45) is 0 Å². The standard InChI is InChI=1S/C13H7ClN2O2/c14-9-5-11-10-4-2-1-3-8(10)7-15-13(11)12(6-9)16(17)18/h1-7H. The van der Waals surface area contributed by atoms with E-state index in [4.69, 9.17) is 11.6 Å². The fraction of sp³-hybridized carbons (Fsp3) is 0. The van der Waals surface area contributed by atoms with Gasteiger partial charge in [-0.15, -0.1) is 0 Å². The first-order valence-electron chi connectivity index (χ1n) is 5.28. The maximum absolute atomic E-state index is 11.0. The largest absolute Gasteiger partial charge is 0.296 e. The number of benzene rings is 2. The molecule has 0 spiro atoms. The van der Waals surface area contributed by atoms with Crippen molar-refractivity contribution in [2.75, 3.05) is 0 Å². The second-order valence-corrected chi connectivity index (χ2v) is 4.36. The molecule has 0 unspecified atom stereocenters. The van der Waals surface area contributed by atoms with Crippen LogP contribution in [0.25, 0.3) is 21.7 Å². The molecule has 0 aliphatic rings. The highest BCUT2D eigenvalue weighted by molar-refractivity contribution is 6.32. The van der Waals surface area contributed by atoms with Gasteiger partial charge >= 0.3 is 0 Å². The van der Waals surface area contributed by atoms with Gasteiger partial charge in [-0.05, 0) is 11.5 Å². The average Bonchev–Trinajstić information content (AvgIpc) is 2.37. The van der Waals surface area contributed by atoms with Gasteiger partial charge in [0.25, 0.3) is 5.69 Å². The SMILES string of the molecule is O=[N+]([O-])c1cc(Cl)cc2c1ncc1ccccc12. The summed E-state index contributed by atoms with van der Waals surface area (Å²) in [5.41, 5.74) is 0.298. The van der Waals surface area contributed by atoms with Crippen LogP contribution >= 0.6 is 11.6 Å². The van der Waals surface area contributed by atoms with Gasteiger partial charge in [-0.25, -0.2) is 4.98 Å². The lowest BCUT2D eigenvalue weighted by atomic mass is 10.1. The summed E-state index contributed by atoms with van der Waals surface area (Å²) in [6.07, 6.45) is 1.64. The van der Waals surface area contributed by atoms with Crippen molar-refractivity contribution in [1.82, 2.24) is 4.98 Å². The molecule has 0 fully saturated rings. The van der Waals surface area contributed by atoms with Crippen molar-refractivity contribution in [3.05, 3.63) is 57.7 Å².